The predicted octanol–water partition coefficient (Wildman–Crippen LogP) is 10.2. The second-order valence-corrected chi connectivity index (χ2v) is 10.9. The highest BCUT2D eigenvalue weighted by Gasteiger charge is 2.12. The number of rotatable bonds is 30. The van der Waals surface area contributed by atoms with Crippen LogP contribution >= 0.6 is 0 Å². The molecule has 0 heterocycles. The predicted molar refractivity (Wildman–Crippen MR) is 168 cm³/mol. The number of aliphatic hydroxyl groups excluding tert-OH is 1. The number of ether oxygens (including phenoxy) is 2. The highest BCUT2D eigenvalue weighted by atomic mass is 16.6. The van der Waals surface area contributed by atoms with Crippen molar-refractivity contribution in [3.05, 3.63) is 36.5 Å². The lowest BCUT2D eigenvalue weighted by molar-refractivity contribution is -0.154. The standard InChI is InChI=1S/C35H64O4/c1-3-5-6-7-8-9-10-11-12-13-14-15-16-17-18-19-20-21-22-23-24-25-26-27-28-29-31-38-33-34(32-36)39-35(37)30-4-2/h10-11,13-14,16-17,34,36H,3-9,12,15,18-33H2,1-2H3/b11-10-,14-13-,17-16-. The number of hydrogen-bond acceptors (Lipinski definition) is 4. The van der Waals surface area contributed by atoms with Crippen LogP contribution < -0.4 is 0 Å². The molecule has 0 saturated heterocycles. The summed E-state index contributed by atoms with van der Waals surface area (Å²) in [6, 6.07) is 0. The summed E-state index contributed by atoms with van der Waals surface area (Å²) in [5.74, 6) is -0.256. The third-order valence-corrected chi connectivity index (χ3v) is 6.94. The van der Waals surface area contributed by atoms with Gasteiger partial charge in [0.15, 0.2) is 0 Å². The quantitative estimate of drug-likeness (QED) is 0.0551. The lowest BCUT2D eigenvalue weighted by Gasteiger charge is -2.15. The maximum atomic E-state index is 11.5. The molecule has 0 aliphatic carbocycles. The molecule has 228 valence electrons. The molecule has 0 aliphatic rings. The topological polar surface area (TPSA) is 55.8 Å². The van der Waals surface area contributed by atoms with E-state index in [-0.39, 0.29) is 19.2 Å². The molecule has 1 N–H and O–H groups in total. The minimum atomic E-state index is -0.528. The van der Waals surface area contributed by atoms with E-state index in [4.69, 9.17) is 9.47 Å². The van der Waals surface area contributed by atoms with Gasteiger partial charge in [-0.1, -0.05) is 134 Å². The van der Waals surface area contributed by atoms with Crippen LogP contribution in [0, 0.1) is 0 Å². The average molecular weight is 549 g/mol. The van der Waals surface area contributed by atoms with Gasteiger partial charge in [-0.05, 0) is 51.4 Å². The van der Waals surface area contributed by atoms with E-state index in [9.17, 15) is 9.90 Å². The smallest absolute Gasteiger partial charge is 0.306 e. The molecule has 0 spiro atoms. The van der Waals surface area contributed by atoms with Crippen LogP contribution in [0.15, 0.2) is 36.5 Å². The Morgan fingerprint density at radius 2 is 1.08 bits per heavy atom. The number of aliphatic hydroxyl groups is 1. The van der Waals surface area contributed by atoms with Gasteiger partial charge in [-0.2, -0.15) is 0 Å². The summed E-state index contributed by atoms with van der Waals surface area (Å²) < 4.78 is 10.8. The van der Waals surface area contributed by atoms with Gasteiger partial charge in [-0.25, -0.2) is 0 Å². The van der Waals surface area contributed by atoms with Crippen molar-refractivity contribution in [2.75, 3.05) is 19.8 Å². The first-order valence-corrected chi connectivity index (χ1v) is 16.6. The third-order valence-electron chi connectivity index (χ3n) is 6.94. The molecule has 0 rings (SSSR count). The minimum Gasteiger partial charge on any atom is -0.457 e. The van der Waals surface area contributed by atoms with E-state index in [1.54, 1.807) is 0 Å². The fraction of sp³-hybridized carbons (Fsp3) is 0.800. The Kier molecular flexibility index (Phi) is 31.7. The van der Waals surface area contributed by atoms with Gasteiger partial charge in [0, 0.05) is 13.0 Å². The first-order chi connectivity index (χ1) is 19.2. The first kappa shape index (κ1) is 37.6. The Bertz CT molecular complexity index is 581. The van der Waals surface area contributed by atoms with Crippen LogP contribution in [-0.2, 0) is 14.3 Å². The second kappa shape index (κ2) is 32.8. The Balaban J connectivity index is 3.31. The summed E-state index contributed by atoms with van der Waals surface area (Å²) in [6.45, 7) is 4.99. The molecule has 0 aromatic rings. The number of unbranched alkanes of at least 4 members (excludes halogenated alkanes) is 16. The fourth-order valence-corrected chi connectivity index (χ4v) is 4.49. The summed E-state index contributed by atoms with van der Waals surface area (Å²) in [5, 5.41) is 9.28. The number of allylic oxidation sites excluding steroid dienone is 6. The largest absolute Gasteiger partial charge is 0.457 e. The van der Waals surface area contributed by atoms with Crippen molar-refractivity contribution in [1.82, 2.24) is 0 Å². The number of esters is 1. The zero-order valence-electron chi connectivity index (χ0n) is 25.9. The summed E-state index contributed by atoms with van der Waals surface area (Å²) in [4.78, 5) is 11.5. The number of carbonyl (C=O) groups is 1. The molecule has 1 atom stereocenters. The van der Waals surface area contributed by atoms with Crippen LogP contribution in [-0.4, -0.2) is 37.0 Å². The van der Waals surface area contributed by atoms with Gasteiger partial charge in [-0.3, -0.25) is 4.79 Å². The van der Waals surface area contributed by atoms with Gasteiger partial charge in [0.2, 0.25) is 0 Å². The zero-order valence-corrected chi connectivity index (χ0v) is 25.9. The molecule has 4 nitrogen and oxygen atoms in total. The van der Waals surface area contributed by atoms with Crippen molar-refractivity contribution >= 4 is 5.97 Å². The van der Waals surface area contributed by atoms with E-state index in [0.29, 0.717) is 13.0 Å². The Morgan fingerprint density at radius 3 is 1.56 bits per heavy atom. The van der Waals surface area contributed by atoms with Crippen LogP contribution in [0.5, 0.6) is 0 Å². The van der Waals surface area contributed by atoms with Gasteiger partial charge >= 0.3 is 5.97 Å². The molecule has 0 aromatic carbocycles. The molecule has 39 heavy (non-hydrogen) atoms. The van der Waals surface area contributed by atoms with Crippen molar-refractivity contribution < 1.29 is 19.4 Å². The van der Waals surface area contributed by atoms with Gasteiger partial charge < -0.3 is 14.6 Å². The summed E-state index contributed by atoms with van der Waals surface area (Å²) in [6.07, 6.45) is 40.3. The third kappa shape index (κ3) is 31.0. The molecule has 0 radical (unpaired) electrons. The van der Waals surface area contributed by atoms with E-state index in [1.165, 1.54) is 109 Å². The molecule has 0 amide bonds. The summed E-state index contributed by atoms with van der Waals surface area (Å²) in [7, 11) is 0. The normalized spacial score (nSPS) is 12.8. The lowest BCUT2D eigenvalue weighted by Crippen LogP contribution is -2.27. The van der Waals surface area contributed by atoms with Crippen LogP contribution in [0.4, 0.5) is 0 Å². The zero-order chi connectivity index (χ0) is 28.5. The van der Waals surface area contributed by atoms with Crippen molar-refractivity contribution in [3.8, 4) is 0 Å². The Hall–Kier alpha value is -1.39. The van der Waals surface area contributed by atoms with E-state index in [1.807, 2.05) is 6.92 Å². The van der Waals surface area contributed by atoms with Crippen molar-refractivity contribution in [2.24, 2.45) is 0 Å². The number of carbonyl (C=O) groups excluding carboxylic acids is 1. The van der Waals surface area contributed by atoms with E-state index < -0.39 is 6.10 Å². The molecule has 0 bridgehead atoms. The maximum Gasteiger partial charge on any atom is 0.306 e. The van der Waals surface area contributed by atoms with Crippen molar-refractivity contribution in [2.45, 2.75) is 161 Å². The second-order valence-electron chi connectivity index (χ2n) is 10.9. The van der Waals surface area contributed by atoms with Gasteiger partial charge in [0.05, 0.1) is 13.2 Å². The SMILES string of the molecule is CCCCCCC/C=C\C/C=C\C/C=C\CCCCCCCCCCCCCOCC(CO)OC(=O)CCC. The first-order valence-electron chi connectivity index (χ1n) is 16.6. The Morgan fingerprint density at radius 1 is 0.615 bits per heavy atom. The van der Waals surface area contributed by atoms with E-state index >= 15 is 0 Å². The lowest BCUT2D eigenvalue weighted by atomic mass is 10.1. The van der Waals surface area contributed by atoms with E-state index in [2.05, 4.69) is 43.4 Å². The molecule has 0 aromatic heterocycles. The number of hydrogen-bond donors (Lipinski definition) is 1. The molecular formula is C35H64O4. The van der Waals surface area contributed by atoms with Gasteiger partial charge in [-0.15, -0.1) is 0 Å². The average Bonchev–Trinajstić information content (AvgIpc) is 2.94. The van der Waals surface area contributed by atoms with Crippen molar-refractivity contribution in [3.63, 3.8) is 0 Å². The van der Waals surface area contributed by atoms with E-state index in [0.717, 1.165) is 25.7 Å². The Labute approximate surface area is 242 Å². The van der Waals surface area contributed by atoms with Crippen LogP contribution in [0.2, 0.25) is 0 Å². The molecule has 0 aliphatic heterocycles. The van der Waals surface area contributed by atoms with Gasteiger partial charge in [0.25, 0.3) is 0 Å². The highest BCUT2D eigenvalue weighted by Crippen LogP contribution is 2.12. The maximum absolute atomic E-state index is 11.5. The summed E-state index contributed by atoms with van der Waals surface area (Å²) in [5.41, 5.74) is 0. The molecule has 0 saturated carbocycles. The van der Waals surface area contributed by atoms with Crippen LogP contribution in [0.1, 0.15) is 155 Å². The monoisotopic (exact) mass is 548 g/mol. The molecule has 4 heteroatoms. The molecule has 0 fully saturated rings. The summed E-state index contributed by atoms with van der Waals surface area (Å²) >= 11 is 0. The molecule has 1 unspecified atom stereocenters. The minimum absolute atomic E-state index is 0.178. The van der Waals surface area contributed by atoms with Crippen molar-refractivity contribution in [1.29, 1.82) is 0 Å². The van der Waals surface area contributed by atoms with Gasteiger partial charge in [0.1, 0.15) is 6.10 Å². The fourth-order valence-electron chi connectivity index (χ4n) is 4.49. The molecular weight excluding hydrogens is 484 g/mol. The van der Waals surface area contributed by atoms with Crippen LogP contribution in [0.25, 0.3) is 0 Å². The highest BCUT2D eigenvalue weighted by molar-refractivity contribution is 5.69. The van der Waals surface area contributed by atoms with Crippen LogP contribution in [0.3, 0.4) is 0 Å².